The summed E-state index contributed by atoms with van der Waals surface area (Å²) < 4.78 is 23.5. The van der Waals surface area contributed by atoms with Crippen LogP contribution in [-0.2, 0) is 18.4 Å². The second-order valence-corrected chi connectivity index (χ2v) is 30.6. The normalized spacial score (nSPS) is 13.5. The molecule has 0 heterocycles. The predicted molar refractivity (Wildman–Crippen MR) is 386 cm³/mol. The summed E-state index contributed by atoms with van der Waals surface area (Å²) in [5.74, 6) is -0.186. The van der Waals surface area contributed by atoms with Crippen LogP contribution >= 0.6 is 7.82 Å². The lowest BCUT2D eigenvalue weighted by Crippen LogP contribution is -2.45. The Kier molecular flexibility index (Phi) is 69.9. The van der Waals surface area contributed by atoms with Crippen LogP contribution in [0.15, 0.2) is 12.2 Å². The molecule has 2 N–H and O–H groups in total. The summed E-state index contributed by atoms with van der Waals surface area (Å²) in [6.07, 6.45) is 92.5. The summed E-state index contributed by atoms with van der Waals surface area (Å²) in [5.41, 5.74) is 0. The molecule has 0 bridgehead atoms. The van der Waals surface area contributed by atoms with E-state index in [1.54, 1.807) is 6.08 Å². The Labute approximate surface area is 552 Å². The Bertz CT molecular complexity index is 1440. The van der Waals surface area contributed by atoms with Crippen molar-refractivity contribution >= 4 is 13.7 Å². The lowest BCUT2D eigenvalue weighted by molar-refractivity contribution is -0.870. The van der Waals surface area contributed by atoms with Gasteiger partial charge >= 0.3 is 0 Å². The van der Waals surface area contributed by atoms with Gasteiger partial charge in [-0.3, -0.25) is 9.36 Å². The summed E-state index contributed by atoms with van der Waals surface area (Å²) in [6, 6.07) is -0.884. The van der Waals surface area contributed by atoms with Gasteiger partial charge in [-0.15, -0.1) is 0 Å². The van der Waals surface area contributed by atoms with Crippen molar-refractivity contribution in [2.75, 3.05) is 40.9 Å². The SMILES string of the molecule is CCCCCCCCCCCCCCCCCCCCCCCCCC/C=C/C(O)C(COP(=O)([O-])OCC[N+](C)(C)C)NC(=O)CCCCCCCCCCCCCCCCCCCCCCCCCCCCCCCCCCCCCCCCCC. The average molecular weight is 1260 g/mol. The van der Waals surface area contributed by atoms with Gasteiger partial charge in [0.1, 0.15) is 13.2 Å². The maximum atomic E-state index is 13.1. The summed E-state index contributed by atoms with van der Waals surface area (Å²) >= 11 is 0. The quantitative estimate of drug-likeness (QED) is 0.0272. The van der Waals surface area contributed by atoms with E-state index in [1.165, 1.54) is 379 Å². The molecule has 0 aromatic heterocycles. The number of aliphatic hydroxyl groups excluding tert-OH is 1. The first-order valence-electron chi connectivity index (χ1n) is 40.1. The van der Waals surface area contributed by atoms with Crippen LogP contribution in [0.5, 0.6) is 0 Å². The van der Waals surface area contributed by atoms with Crippen molar-refractivity contribution in [1.82, 2.24) is 5.32 Å². The van der Waals surface area contributed by atoms with E-state index in [1.807, 2.05) is 27.2 Å². The fourth-order valence-electron chi connectivity index (χ4n) is 12.8. The number of unbranched alkanes of at least 4 members (excludes halogenated alkanes) is 63. The third-order valence-electron chi connectivity index (χ3n) is 19.0. The molecule has 526 valence electrons. The molecule has 0 aliphatic heterocycles. The van der Waals surface area contributed by atoms with E-state index >= 15 is 0 Å². The number of nitrogens with zero attached hydrogens (tertiary/aromatic N) is 1. The number of quaternary nitrogens is 1. The van der Waals surface area contributed by atoms with Crippen LogP contribution in [0, 0.1) is 0 Å². The lowest BCUT2D eigenvalue weighted by atomic mass is 10.0. The molecule has 9 heteroatoms. The van der Waals surface area contributed by atoms with Gasteiger partial charge in [0.2, 0.25) is 5.91 Å². The van der Waals surface area contributed by atoms with Crippen LogP contribution in [0.1, 0.15) is 438 Å². The molecule has 3 unspecified atom stereocenters. The number of likely N-dealkylation sites (N-methyl/N-ethyl adjacent to an activating group) is 1. The molecule has 0 saturated carbocycles. The Morgan fingerprint density at radius 3 is 0.852 bits per heavy atom. The second kappa shape index (κ2) is 70.6. The third kappa shape index (κ3) is 72.7. The number of amides is 1. The van der Waals surface area contributed by atoms with Crippen molar-refractivity contribution in [3.05, 3.63) is 12.2 Å². The number of hydrogen-bond donors (Lipinski definition) is 2. The van der Waals surface area contributed by atoms with E-state index in [9.17, 15) is 19.4 Å². The molecule has 0 aliphatic rings. The van der Waals surface area contributed by atoms with E-state index < -0.39 is 20.0 Å². The van der Waals surface area contributed by atoms with Gasteiger partial charge in [0, 0.05) is 6.42 Å². The number of hydrogen-bond acceptors (Lipinski definition) is 6. The molecule has 1 amide bonds. The minimum absolute atomic E-state index is 0.00312. The number of carbonyl (C=O) groups excluding carboxylic acids is 1. The van der Waals surface area contributed by atoms with Crippen molar-refractivity contribution < 1.29 is 32.9 Å². The number of phosphoric ester groups is 1. The molecule has 8 nitrogen and oxygen atoms in total. The first-order valence-corrected chi connectivity index (χ1v) is 41.5. The zero-order chi connectivity index (χ0) is 64.1. The fraction of sp³-hybridized carbons (Fsp3) is 0.962. The van der Waals surface area contributed by atoms with E-state index in [4.69, 9.17) is 9.05 Å². The molecule has 3 atom stereocenters. The Morgan fingerprint density at radius 2 is 0.614 bits per heavy atom. The molecule has 0 saturated heterocycles. The van der Waals surface area contributed by atoms with E-state index in [2.05, 4.69) is 19.2 Å². The van der Waals surface area contributed by atoms with Crippen molar-refractivity contribution in [2.45, 2.75) is 450 Å². The fourth-order valence-corrected chi connectivity index (χ4v) is 13.5. The molecule has 0 rings (SSSR count). The van der Waals surface area contributed by atoms with Crippen LogP contribution in [0.3, 0.4) is 0 Å². The van der Waals surface area contributed by atoms with Crippen LogP contribution in [0.25, 0.3) is 0 Å². The third-order valence-corrected chi connectivity index (χ3v) is 20.0. The smallest absolute Gasteiger partial charge is 0.268 e. The van der Waals surface area contributed by atoms with E-state index in [0.29, 0.717) is 17.4 Å². The molecule has 88 heavy (non-hydrogen) atoms. The van der Waals surface area contributed by atoms with Crippen LogP contribution in [0.4, 0.5) is 0 Å². The summed E-state index contributed by atoms with van der Waals surface area (Å²) in [4.78, 5) is 25.7. The van der Waals surface area contributed by atoms with Gasteiger partial charge in [0.15, 0.2) is 0 Å². The summed E-state index contributed by atoms with van der Waals surface area (Å²) in [5, 5.41) is 14.0. The van der Waals surface area contributed by atoms with Crippen molar-refractivity contribution in [2.24, 2.45) is 0 Å². The predicted octanol–water partition coefficient (Wildman–Crippen LogP) is 25.4. The van der Waals surface area contributed by atoms with Crippen molar-refractivity contribution in [3.63, 3.8) is 0 Å². The van der Waals surface area contributed by atoms with E-state index in [-0.39, 0.29) is 19.1 Å². The molecule has 0 spiro atoms. The first kappa shape index (κ1) is 87.2. The van der Waals surface area contributed by atoms with Crippen LogP contribution in [-0.4, -0.2) is 68.5 Å². The molecule has 0 aromatic carbocycles. The Balaban J connectivity index is 3.88. The van der Waals surface area contributed by atoms with Gasteiger partial charge in [-0.2, -0.15) is 0 Å². The van der Waals surface area contributed by atoms with Gasteiger partial charge in [-0.1, -0.05) is 424 Å². The summed E-state index contributed by atoms with van der Waals surface area (Å²) in [6.45, 7) is 4.73. The lowest BCUT2D eigenvalue weighted by Gasteiger charge is -2.29. The minimum Gasteiger partial charge on any atom is -0.756 e. The molecule has 0 radical (unpaired) electrons. The molecule has 0 fully saturated rings. The van der Waals surface area contributed by atoms with Gasteiger partial charge in [0.25, 0.3) is 7.82 Å². The molecular weight excluding hydrogens is 1100 g/mol. The Hall–Kier alpha value is -0.760. The number of phosphoric acid groups is 1. The van der Waals surface area contributed by atoms with Crippen molar-refractivity contribution in [1.29, 1.82) is 0 Å². The van der Waals surface area contributed by atoms with Gasteiger partial charge in [-0.25, -0.2) is 0 Å². The van der Waals surface area contributed by atoms with E-state index in [0.717, 1.165) is 38.5 Å². The highest BCUT2D eigenvalue weighted by molar-refractivity contribution is 7.45. The zero-order valence-electron chi connectivity index (χ0n) is 60.5. The molecule has 0 aliphatic carbocycles. The summed E-state index contributed by atoms with van der Waals surface area (Å²) in [7, 11) is 1.29. The topological polar surface area (TPSA) is 108 Å². The highest BCUT2D eigenvalue weighted by atomic mass is 31.2. The maximum absolute atomic E-state index is 13.1. The highest BCUT2D eigenvalue weighted by Crippen LogP contribution is 2.38. The largest absolute Gasteiger partial charge is 0.756 e. The standard InChI is InChI=1S/C79H159N2O6P/c1-6-8-10-12-14-16-18-20-22-24-26-28-30-32-34-35-36-37-38-39-40-41-42-43-44-45-46-47-49-51-53-55-57-59-61-63-65-67-69-71-73-79(83)80-77(76-87-88(84,85)86-75-74-81(3,4)5)78(82)72-70-68-66-64-62-60-58-56-54-52-50-48-33-31-29-27-25-23-21-19-17-15-13-11-9-7-2/h70,72,77-78,82H,6-69,71,73-76H2,1-5H3,(H-,80,83,84,85)/b72-70+. The second-order valence-electron chi connectivity index (χ2n) is 29.1. The minimum atomic E-state index is -4.60. The van der Waals surface area contributed by atoms with Gasteiger partial charge in [0.05, 0.1) is 39.9 Å². The number of rotatable bonds is 76. The Morgan fingerprint density at radius 1 is 0.386 bits per heavy atom. The first-order chi connectivity index (χ1) is 43.0. The number of nitrogens with one attached hydrogen (secondary N) is 1. The molecular formula is C79H159N2O6P. The van der Waals surface area contributed by atoms with Crippen LogP contribution < -0.4 is 10.2 Å². The number of allylic oxidation sites excluding steroid dienone is 1. The monoisotopic (exact) mass is 1260 g/mol. The zero-order valence-corrected chi connectivity index (χ0v) is 61.4. The van der Waals surface area contributed by atoms with Gasteiger partial charge < -0.3 is 28.8 Å². The van der Waals surface area contributed by atoms with Gasteiger partial charge in [-0.05, 0) is 19.3 Å². The average Bonchev–Trinajstić information content (AvgIpc) is 3.70. The van der Waals surface area contributed by atoms with Crippen LogP contribution in [0.2, 0.25) is 0 Å². The highest BCUT2D eigenvalue weighted by Gasteiger charge is 2.23. The van der Waals surface area contributed by atoms with Crippen molar-refractivity contribution in [3.8, 4) is 0 Å². The number of aliphatic hydroxyl groups is 1. The number of carbonyl (C=O) groups is 1. The maximum Gasteiger partial charge on any atom is 0.268 e. The molecule has 0 aromatic rings.